The van der Waals surface area contributed by atoms with Crippen LogP contribution in [0.4, 0.5) is 5.69 Å². The maximum Gasteiger partial charge on any atom is 0.317 e. The monoisotopic (exact) mass is 362 g/mol. The van der Waals surface area contributed by atoms with Crippen LogP contribution in [0, 0.1) is 3.57 Å². The van der Waals surface area contributed by atoms with Crippen molar-refractivity contribution in [2.24, 2.45) is 0 Å². The molecule has 0 bridgehead atoms. The van der Waals surface area contributed by atoms with E-state index in [0.717, 1.165) is 3.57 Å². The molecule has 2 N–H and O–H groups in total. The maximum absolute atomic E-state index is 11.9. The van der Waals surface area contributed by atoms with Crippen molar-refractivity contribution in [2.75, 3.05) is 18.9 Å². The fraction of sp³-hybridized carbons (Fsp3) is 0.333. The van der Waals surface area contributed by atoms with Gasteiger partial charge in [0, 0.05) is 9.26 Å². The zero-order valence-electron chi connectivity index (χ0n) is 10.2. The Morgan fingerprint density at radius 2 is 1.94 bits per heavy atom. The number of carboxylic acids is 1. The first kappa shape index (κ1) is 14.9. The molecule has 1 amide bonds. The molecule has 1 aromatic carbocycles. The van der Waals surface area contributed by atoms with Gasteiger partial charge in [-0.15, -0.1) is 0 Å². The third kappa shape index (κ3) is 4.61. The first-order chi connectivity index (χ1) is 8.40. The number of benzene rings is 1. The molecule has 0 heterocycles. The molecule has 6 heteroatoms. The predicted molar refractivity (Wildman–Crippen MR) is 77.5 cm³/mol. The summed E-state index contributed by atoms with van der Waals surface area (Å²) in [4.78, 5) is 23.9. The molecule has 5 nitrogen and oxygen atoms in total. The minimum Gasteiger partial charge on any atom is -0.480 e. The van der Waals surface area contributed by atoms with Crippen LogP contribution in [0.5, 0.6) is 0 Å². The van der Waals surface area contributed by atoms with Crippen LogP contribution in [-0.2, 0) is 9.59 Å². The fourth-order valence-electron chi connectivity index (χ4n) is 1.33. The van der Waals surface area contributed by atoms with Crippen molar-refractivity contribution in [2.45, 2.75) is 13.0 Å². The van der Waals surface area contributed by atoms with E-state index in [1.807, 2.05) is 24.3 Å². The van der Waals surface area contributed by atoms with Gasteiger partial charge in [-0.05, 0) is 60.8 Å². The number of hydrogen-bond donors (Lipinski definition) is 2. The zero-order valence-corrected chi connectivity index (χ0v) is 12.3. The van der Waals surface area contributed by atoms with E-state index in [1.165, 1.54) is 4.90 Å². The van der Waals surface area contributed by atoms with E-state index in [4.69, 9.17) is 5.11 Å². The molecular weight excluding hydrogens is 347 g/mol. The van der Waals surface area contributed by atoms with E-state index in [1.54, 1.807) is 14.0 Å². The lowest BCUT2D eigenvalue weighted by Crippen LogP contribution is -2.42. The van der Waals surface area contributed by atoms with E-state index in [-0.39, 0.29) is 12.5 Å². The number of amides is 1. The van der Waals surface area contributed by atoms with Crippen LogP contribution in [0.2, 0.25) is 0 Å². The SMILES string of the molecule is CC(C(=O)Nc1ccc(I)cc1)N(C)CC(=O)O. The molecule has 0 aromatic heterocycles. The van der Waals surface area contributed by atoms with Crippen LogP contribution in [0.3, 0.4) is 0 Å². The molecule has 0 radical (unpaired) electrons. The van der Waals surface area contributed by atoms with Crippen LogP contribution < -0.4 is 5.32 Å². The van der Waals surface area contributed by atoms with Crippen molar-refractivity contribution >= 4 is 40.2 Å². The quantitative estimate of drug-likeness (QED) is 0.782. The molecule has 1 atom stereocenters. The summed E-state index contributed by atoms with van der Waals surface area (Å²) in [7, 11) is 1.60. The summed E-state index contributed by atoms with van der Waals surface area (Å²) in [6.45, 7) is 1.51. The van der Waals surface area contributed by atoms with Gasteiger partial charge in [0.05, 0.1) is 12.6 Å². The van der Waals surface area contributed by atoms with Gasteiger partial charge < -0.3 is 10.4 Å². The summed E-state index contributed by atoms with van der Waals surface area (Å²) >= 11 is 2.18. The highest BCUT2D eigenvalue weighted by molar-refractivity contribution is 14.1. The van der Waals surface area contributed by atoms with Gasteiger partial charge in [0.2, 0.25) is 5.91 Å². The van der Waals surface area contributed by atoms with E-state index >= 15 is 0 Å². The molecule has 0 aliphatic rings. The van der Waals surface area contributed by atoms with E-state index < -0.39 is 12.0 Å². The molecule has 1 aromatic rings. The molecule has 0 aliphatic carbocycles. The summed E-state index contributed by atoms with van der Waals surface area (Å²) in [6.07, 6.45) is 0. The summed E-state index contributed by atoms with van der Waals surface area (Å²) in [5.74, 6) is -1.17. The second kappa shape index (κ2) is 6.69. The summed E-state index contributed by atoms with van der Waals surface area (Å²) in [5.41, 5.74) is 0.705. The van der Waals surface area contributed by atoms with Crippen molar-refractivity contribution in [1.82, 2.24) is 4.90 Å². The van der Waals surface area contributed by atoms with Crippen LogP contribution in [0.1, 0.15) is 6.92 Å². The van der Waals surface area contributed by atoms with Crippen LogP contribution in [0.25, 0.3) is 0 Å². The van der Waals surface area contributed by atoms with Gasteiger partial charge >= 0.3 is 5.97 Å². The molecule has 0 fully saturated rings. The van der Waals surface area contributed by atoms with Gasteiger partial charge in [0.25, 0.3) is 0 Å². The molecule has 98 valence electrons. The van der Waals surface area contributed by atoms with Gasteiger partial charge in [-0.2, -0.15) is 0 Å². The van der Waals surface area contributed by atoms with Crippen molar-refractivity contribution in [3.8, 4) is 0 Å². The standard InChI is InChI=1S/C12H15IN2O3/c1-8(15(2)7-11(16)17)12(18)14-10-5-3-9(13)4-6-10/h3-6,8H,7H2,1-2H3,(H,14,18)(H,16,17). The van der Waals surface area contributed by atoms with Crippen LogP contribution in [0.15, 0.2) is 24.3 Å². The maximum atomic E-state index is 11.9. The second-order valence-electron chi connectivity index (χ2n) is 3.98. The lowest BCUT2D eigenvalue weighted by atomic mass is 10.2. The number of carboxylic acid groups (broad SMARTS) is 1. The Balaban J connectivity index is 2.59. The molecule has 1 unspecified atom stereocenters. The normalized spacial score (nSPS) is 12.2. The van der Waals surface area contributed by atoms with E-state index in [0.29, 0.717) is 5.69 Å². The Morgan fingerprint density at radius 3 is 2.44 bits per heavy atom. The molecule has 18 heavy (non-hydrogen) atoms. The first-order valence-corrected chi connectivity index (χ1v) is 6.46. The first-order valence-electron chi connectivity index (χ1n) is 5.38. The molecule has 1 rings (SSSR count). The van der Waals surface area contributed by atoms with Crippen LogP contribution >= 0.6 is 22.6 Å². The number of rotatable bonds is 5. The molecule has 0 spiro atoms. The van der Waals surface area contributed by atoms with E-state index in [2.05, 4.69) is 27.9 Å². The van der Waals surface area contributed by atoms with Crippen molar-refractivity contribution in [3.63, 3.8) is 0 Å². The predicted octanol–water partition coefficient (Wildman–Crippen LogP) is 1.63. The average molecular weight is 362 g/mol. The number of hydrogen-bond acceptors (Lipinski definition) is 3. The number of carbonyl (C=O) groups is 2. The van der Waals surface area contributed by atoms with Gasteiger partial charge in [0.15, 0.2) is 0 Å². The topological polar surface area (TPSA) is 69.6 Å². The smallest absolute Gasteiger partial charge is 0.317 e. The number of likely N-dealkylation sites (N-methyl/N-ethyl adjacent to an activating group) is 1. The van der Waals surface area contributed by atoms with Crippen LogP contribution in [-0.4, -0.2) is 41.5 Å². The van der Waals surface area contributed by atoms with Gasteiger partial charge in [-0.25, -0.2) is 0 Å². The van der Waals surface area contributed by atoms with Crippen molar-refractivity contribution in [3.05, 3.63) is 27.8 Å². The summed E-state index contributed by atoms with van der Waals surface area (Å²) in [6, 6.07) is 6.90. The molecule has 0 aliphatic heterocycles. The Bertz CT molecular complexity index is 433. The Morgan fingerprint density at radius 1 is 1.39 bits per heavy atom. The summed E-state index contributed by atoms with van der Waals surface area (Å²) in [5, 5.41) is 11.4. The molecule has 0 saturated heterocycles. The zero-order chi connectivity index (χ0) is 13.7. The highest BCUT2D eigenvalue weighted by Crippen LogP contribution is 2.12. The highest BCUT2D eigenvalue weighted by atomic mass is 127. The number of aliphatic carboxylic acids is 1. The Kier molecular flexibility index (Phi) is 5.54. The number of anilines is 1. The minimum absolute atomic E-state index is 0.165. The highest BCUT2D eigenvalue weighted by Gasteiger charge is 2.19. The average Bonchev–Trinajstić information content (AvgIpc) is 2.30. The lowest BCUT2D eigenvalue weighted by Gasteiger charge is -2.21. The third-order valence-electron chi connectivity index (χ3n) is 2.54. The Labute approximate surface area is 119 Å². The molecular formula is C12H15IN2O3. The van der Waals surface area contributed by atoms with Gasteiger partial charge in [0.1, 0.15) is 0 Å². The second-order valence-corrected chi connectivity index (χ2v) is 5.23. The molecule has 0 saturated carbocycles. The fourth-order valence-corrected chi connectivity index (χ4v) is 1.69. The Hall–Kier alpha value is -1.15. The van der Waals surface area contributed by atoms with E-state index in [9.17, 15) is 9.59 Å². The largest absolute Gasteiger partial charge is 0.480 e. The summed E-state index contributed by atoms with van der Waals surface area (Å²) < 4.78 is 1.08. The minimum atomic E-state index is -0.952. The van der Waals surface area contributed by atoms with Gasteiger partial charge in [-0.3, -0.25) is 14.5 Å². The van der Waals surface area contributed by atoms with Crippen molar-refractivity contribution in [1.29, 1.82) is 0 Å². The number of nitrogens with zero attached hydrogens (tertiary/aromatic N) is 1. The number of carbonyl (C=O) groups excluding carboxylic acids is 1. The van der Waals surface area contributed by atoms with Crippen molar-refractivity contribution < 1.29 is 14.7 Å². The third-order valence-corrected chi connectivity index (χ3v) is 3.26. The number of halogens is 1. The lowest BCUT2D eigenvalue weighted by molar-refractivity contribution is -0.138. The van der Waals surface area contributed by atoms with Gasteiger partial charge in [-0.1, -0.05) is 0 Å². The number of nitrogens with one attached hydrogen (secondary N) is 1.